The summed E-state index contributed by atoms with van der Waals surface area (Å²) in [4.78, 5) is 28.3. The van der Waals surface area contributed by atoms with E-state index in [9.17, 15) is 9.59 Å². The molecular formula is C17H22N2O2. The van der Waals surface area contributed by atoms with Crippen LogP contribution in [0.25, 0.3) is 0 Å². The highest BCUT2D eigenvalue weighted by atomic mass is 16.2. The molecule has 1 aromatic rings. The summed E-state index contributed by atoms with van der Waals surface area (Å²) < 4.78 is 0. The lowest BCUT2D eigenvalue weighted by molar-refractivity contribution is -0.139. The van der Waals surface area contributed by atoms with Gasteiger partial charge in [-0.25, -0.2) is 0 Å². The van der Waals surface area contributed by atoms with E-state index in [1.54, 1.807) is 7.05 Å². The fourth-order valence-corrected chi connectivity index (χ4v) is 3.91. The third kappa shape index (κ3) is 2.27. The lowest BCUT2D eigenvalue weighted by Crippen LogP contribution is -2.41. The molecule has 2 fully saturated rings. The van der Waals surface area contributed by atoms with Gasteiger partial charge in [0.1, 0.15) is 0 Å². The highest BCUT2D eigenvalue weighted by molar-refractivity contribution is 6.05. The Kier molecular flexibility index (Phi) is 3.57. The van der Waals surface area contributed by atoms with Crippen molar-refractivity contribution in [1.29, 1.82) is 0 Å². The third-order valence-electron chi connectivity index (χ3n) is 4.83. The molecule has 3 rings (SSSR count). The maximum absolute atomic E-state index is 12.4. The first-order valence-electron chi connectivity index (χ1n) is 7.60. The molecule has 2 aliphatic rings. The fourth-order valence-electron chi connectivity index (χ4n) is 3.91. The molecule has 2 unspecified atom stereocenters. The Morgan fingerprint density at radius 3 is 2.43 bits per heavy atom. The number of likely N-dealkylation sites (tertiary alicyclic amines) is 2. The van der Waals surface area contributed by atoms with Crippen LogP contribution in [0.2, 0.25) is 0 Å². The van der Waals surface area contributed by atoms with Gasteiger partial charge in [0.05, 0.1) is 11.8 Å². The second kappa shape index (κ2) is 5.26. The Morgan fingerprint density at radius 1 is 1.14 bits per heavy atom. The van der Waals surface area contributed by atoms with Gasteiger partial charge in [-0.2, -0.15) is 0 Å². The van der Waals surface area contributed by atoms with E-state index in [2.05, 4.69) is 30.9 Å². The van der Waals surface area contributed by atoms with Crippen LogP contribution in [-0.4, -0.2) is 41.2 Å². The lowest BCUT2D eigenvalue weighted by Gasteiger charge is -2.31. The van der Waals surface area contributed by atoms with Gasteiger partial charge >= 0.3 is 0 Å². The molecule has 2 saturated heterocycles. The lowest BCUT2D eigenvalue weighted by atomic mass is 9.87. The molecule has 4 heteroatoms. The maximum Gasteiger partial charge on any atom is 0.234 e. The van der Waals surface area contributed by atoms with Crippen molar-refractivity contribution in [2.75, 3.05) is 13.6 Å². The van der Waals surface area contributed by atoms with Crippen LogP contribution in [0.3, 0.4) is 0 Å². The van der Waals surface area contributed by atoms with Crippen LogP contribution in [0.5, 0.6) is 0 Å². The summed E-state index contributed by atoms with van der Waals surface area (Å²) in [6.07, 6.45) is 0. The number of amides is 2. The third-order valence-corrected chi connectivity index (χ3v) is 4.83. The topological polar surface area (TPSA) is 40.6 Å². The molecule has 3 atom stereocenters. The van der Waals surface area contributed by atoms with E-state index in [0.717, 1.165) is 6.54 Å². The largest absolute Gasteiger partial charge is 0.294 e. The van der Waals surface area contributed by atoms with Gasteiger partial charge < -0.3 is 0 Å². The molecule has 0 N–H and O–H groups in total. The molecule has 112 valence electrons. The van der Waals surface area contributed by atoms with Crippen molar-refractivity contribution < 1.29 is 9.59 Å². The summed E-state index contributed by atoms with van der Waals surface area (Å²) in [7, 11) is 1.61. The molecule has 1 aromatic carbocycles. The predicted octanol–water partition coefficient (Wildman–Crippen LogP) is 1.76. The van der Waals surface area contributed by atoms with E-state index < -0.39 is 0 Å². The molecule has 2 aliphatic heterocycles. The minimum Gasteiger partial charge on any atom is -0.294 e. The Morgan fingerprint density at radius 2 is 1.81 bits per heavy atom. The smallest absolute Gasteiger partial charge is 0.234 e. The maximum atomic E-state index is 12.4. The van der Waals surface area contributed by atoms with E-state index in [1.807, 2.05) is 18.2 Å². The van der Waals surface area contributed by atoms with Crippen molar-refractivity contribution in [3.05, 3.63) is 35.9 Å². The van der Waals surface area contributed by atoms with Crippen LogP contribution in [0, 0.1) is 17.8 Å². The van der Waals surface area contributed by atoms with Crippen molar-refractivity contribution in [1.82, 2.24) is 9.80 Å². The van der Waals surface area contributed by atoms with Crippen molar-refractivity contribution in [3.8, 4) is 0 Å². The molecule has 2 amide bonds. The van der Waals surface area contributed by atoms with E-state index in [4.69, 9.17) is 0 Å². The van der Waals surface area contributed by atoms with E-state index in [0.29, 0.717) is 12.5 Å². The molecule has 0 radical (unpaired) electrons. The summed E-state index contributed by atoms with van der Waals surface area (Å²) in [6.45, 7) is 5.78. The Balaban J connectivity index is 1.86. The first-order chi connectivity index (χ1) is 10.0. The van der Waals surface area contributed by atoms with Crippen LogP contribution in [0.1, 0.15) is 19.4 Å². The number of hydrogen-bond donors (Lipinski definition) is 0. The van der Waals surface area contributed by atoms with Crippen molar-refractivity contribution in [2.45, 2.75) is 26.4 Å². The highest BCUT2D eigenvalue weighted by Crippen LogP contribution is 2.41. The number of hydrogen-bond acceptors (Lipinski definition) is 3. The molecule has 0 saturated carbocycles. The molecular weight excluding hydrogens is 264 g/mol. The average molecular weight is 286 g/mol. The monoisotopic (exact) mass is 286 g/mol. The van der Waals surface area contributed by atoms with Crippen molar-refractivity contribution >= 4 is 11.8 Å². The minimum absolute atomic E-state index is 0.000684. The Bertz CT molecular complexity index is 555. The zero-order valence-corrected chi connectivity index (χ0v) is 12.8. The molecule has 0 spiro atoms. The summed E-state index contributed by atoms with van der Waals surface area (Å²) in [5.74, 6) is 0.0299. The SMILES string of the molecule is CC(C)[C@H]1C2C(=O)N(C)C(=O)C2CN1Cc1ccccc1. The van der Waals surface area contributed by atoms with E-state index in [-0.39, 0.29) is 29.7 Å². The number of benzene rings is 1. The van der Waals surface area contributed by atoms with Gasteiger partial charge in [-0.1, -0.05) is 44.2 Å². The van der Waals surface area contributed by atoms with Gasteiger partial charge in [0.15, 0.2) is 0 Å². The molecule has 0 bridgehead atoms. The second-order valence-corrected chi connectivity index (χ2v) is 6.52. The minimum atomic E-state index is -0.161. The number of rotatable bonds is 3. The summed E-state index contributed by atoms with van der Waals surface area (Å²) in [6, 6.07) is 10.4. The fraction of sp³-hybridized carbons (Fsp3) is 0.529. The number of fused-ring (bicyclic) bond motifs is 1. The first-order valence-corrected chi connectivity index (χ1v) is 7.60. The van der Waals surface area contributed by atoms with Crippen LogP contribution in [-0.2, 0) is 16.1 Å². The molecule has 0 aromatic heterocycles. The normalized spacial score (nSPS) is 29.5. The molecule has 4 nitrogen and oxygen atoms in total. The van der Waals surface area contributed by atoms with Gasteiger partial charge in [-0.05, 0) is 11.5 Å². The number of carbonyl (C=O) groups excluding carboxylic acids is 2. The van der Waals surface area contributed by atoms with Crippen LogP contribution in [0.4, 0.5) is 0 Å². The van der Waals surface area contributed by atoms with E-state index >= 15 is 0 Å². The van der Waals surface area contributed by atoms with Crippen LogP contribution >= 0.6 is 0 Å². The van der Waals surface area contributed by atoms with Gasteiger partial charge in [0.25, 0.3) is 0 Å². The first kappa shape index (κ1) is 14.3. The Labute approximate surface area is 125 Å². The van der Waals surface area contributed by atoms with Gasteiger partial charge in [0, 0.05) is 26.2 Å². The molecule has 2 heterocycles. The zero-order valence-electron chi connectivity index (χ0n) is 12.8. The predicted molar refractivity (Wildman–Crippen MR) is 80.2 cm³/mol. The van der Waals surface area contributed by atoms with Gasteiger partial charge in [-0.15, -0.1) is 0 Å². The van der Waals surface area contributed by atoms with Crippen molar-refractivity contribution in [2.24, 2.45) is 17.8 Å². The standard InChI is InChI=1S/C17H22N2O2/c1-11(2)15-14-13(16(20)18(3)17(14)21)10-19(15)9-12-7-5-4-6-8-12/h4-8,11,13-15H,9-10H2,1-3H3/t13?,14?,15-/m0/s1. The van der Waals surface area contributed by atoms with E-state index in [1.165, 1.54) is 10.5 Å². The quantitative estimate of drug-likeness (QED) is 0.795. The summed E-state index contributed by atoms with van der Waals surface area (Å²) >= 11 is 0. The second-order valence-electron chi connectivity index (χ2n) is 6.52. The molecule has 0 aliphatic carbocycles. The zero-order chi connectivity index (χ0) is 15.1. The van der Waals surface area contributed by atoms with Gasteiger partial charge in [-0.3, -0.25) is 19.4 Å². The number of imide groups is 1. The number of nitrogens with zero attached hydrogens (tertiary/aromatic N) is 2. The highest BCUT2D eigenvalue weighted by Gasteiger charge is 2.56. The summed E-state index contributed by atoms with van der Waals surface area (Å²) in [5.41, 5.74) is 1.23. The van der Waals surface area contributed by atoms with Crippen LogP contribution in [0.15, 0.2) is 30.3 Å². The Hall–Kier alpha value is -1.68. The van der Waals surface area contributed by atoms with Crippen molar-refractivity contribution in [3.63, 3.8) is 0 Å². The average Bonchev–Trinajstić information content (AvgIpc) is 2.93. The molecule has 21 heavy (non-hydrogen) atoms. The summed E-state index contributed by atoms with van der Waals surface area (Å²) in [5, 5.41) is 0. The van der Waals surface area contributed by atoms with Crippen LogP contribution < -0.4 is 0 Å². The number of carbonyl (C=O) groups is 2. The van der Waals surface area contributed by atoms with Gasteiger partial charge in [0.2, 0.25) is 11.8 Å².